The van der Waals surface area contributed by atoms with E-state index in [1.165, 1.54) is 0 Å². The van der Waals surface area contributed by atoms with E-state index in [2.05, 4.69) is 6.92 Å². The lowest BCUT2D eigenvalue weighted by Crippen LogP contribution is -2.38. The van der Waals surface area contributed by atoms with Gasteiger partial charge in [-0.3, -0.25) is 0 Å². The smallest absolute Gasteiger partial charge is 0.195 e. The predicted octanol–water partition coefficient (Wildman–Crippen LogP) is 5.09. The van der Waals surface area contributed by atoms with Crippen molar-refractivity contribution in [1.82, 2.24) is 0 Å². The summed E-state index contributed by atoms with van der Waals surface area (Å²) in [5.74, 6) is -5.38. The van der Waals surface area contributed by atoms with E-state index < -0.39 is 17.9 Å². The fourth-order valence-corrected chi connectivity index (χ4v) is 2.17. The van der Waals surface area contributed by atoms with Crippen molar-refractivity contribution in [3.05, 3.63) is 6.92 Å². The van der Waals surface area contributed by atoms with Gasteiger partial charge in [-0.2, -0.15) is 33.7 Å². The lowest BCUT2D eigenvalue weighted by molar-refractivity contribution is -0.271. The summed E-state index contributed by atoms with van der Waals surface area (Å²) in [6.45, 7) is 3.69. The highest BCUT2D eigenvalue weighted by molar-refractivity contribution is 7.99. The normalized spacial score (nSPS) is 13.1. The molecule has 103 valence electrons. The molecule has 0 saturated carbocycles. The topological polar surface area (TPSA) is 0 Å². The van der Waals surface area contributed by atoms with Crippen molar-refractivity contribution in [1.29, 1.82) is 0 Å². The second-order valence-corrected chi connectivity index (χ2v) is 4.98. The highest BCUT2D eigenvalue weighted by Crippen LogP contribution is 2.37. The molecule has 0 aromatic heterocycles. The maximum atomic E-state index is 12.5. The molecule has 0 unspecified atom stereocenters. The van der Waals surface area contributed by atoms with Crippen molar-refractivity contribution in [3.63, 3.8) is 0 Å². The van der Waals surface area contributed by atoms with Crippen LogP contribution < -0.4 is 0 Å². The zero-order chi connectivity index (χ0) is 13.4. The lowest BCUT2D eigenvalue weighted by atomic mass is 10.1. The van der Waals surface area contributed by atoms with Crippen LogP contribution in [0.25, 0.3) is 0 Å². The number of rotatable bonds is 9. The molecule has 17 heavy (non-hydrogen) atoms. The minimum Gasteiger partial charge on any atom is -0.195 e. The van der Waals surface area contributed by atoms with Gasteiger partial charge in [0.05, 0.1) is 5.75 Å². The largest absolute Gasteiger partial charge is 0.454 e. The molecular formula is C11H18F5S. The Morgan fingerprint density at radius 3 is 1.88 bits per heavy atom. The van der Waals surface area contributed by atoms with Crippen molar-refractivity contribution >= 4 is 11.8 Å². The van der Waals surface area contributed by atoms with E-state index in [-0.39, 0.29) is 0 Å². The molecule has 0 aliphatic rings. The molecule has 0 spiro atoms. The zero-order valence-corrected chi connectivity index (χ0v) is 10.5. The molecule has 0 fully saturated rings. The molecule has 0 heterocycles. The van der Waals surface area contributed by atoms with Gasteiger partial charge in [-0.15, -0.1) is 0 Å². The lowest BCUT2D eigenvalue weighted by Gasteiger charge is -2.18. The summed E-state index contributed by atoms with van der Waals surface area (Å²) in [6.07, 6.45) is 0.110. The van der Waals surface area contributed by atoms with E-state index in [1.54, 1.807) is 0 Å². The number of thioether (sulfide) groups is 1. The molecule has 0 bridgehead atoms. The molecule has 6 heteroatoms. The van der Waals surface area contributed by atoms with Gasteiger partial charge in [-0.05, 0) is 12.2 Å². The summed E-state index contributed by atoms with van der Waals surface area (Å²) in [5, 5.41) is 0. The SMILES string of the molecule is [CH2]CCCCCCCSCC(F)(F)C(F)(F)F. The van der Waals surface area contributed by atoms with Crippen LogP contribution in [0.15, 0.2) is 0 Å². The zero-order valence-electron chi connectivity index (χ0n) is 9.66. The highest BCUT2D eigenvalue weighted by atomic mass is 32.2. The minimum atomic E-state index is -5.42. The molecule has 0 aliphatic carbocycles. The average molecular weight is 277 g/mol. The first-order valence-electron chi connectivity index (χ1n) is 5.63. The fourth-order valence-electron chi connectivity index (χ4n) is 1.19. The maximum Gasteiger partial charge on any atom is 0.454 e. The minimum absolute atomic E-state index is 0.357. The number of halogens is 5. The molecule has 0 rings (SSSR count). The monoisotopic (exact) mass is 277 g/mol. The Labute approximate surface area is 103 Å². The van der Waals surface area contributed by atoms with Crippen molar-refractivity contribution in [2.24, 2.45) is 0 Å². The molecule has 0 saturated heterocycles. The number of hydrogen-bond acceptors (Lipinski definition) is 1. The van der Waals surface area contributed by atoms with Gasteiger partial charge in [0.15, 0.2) is 0 Å². The van der Waals surface area contributed by atoms with Crippen LogP contribution in [0.4, 0.5) is 22.0 Å². The second kappa shape index (κ2) is 8.16. The van der Waals surface area contributed by atoms with Gasteiger partial charge < -0.3 is 0 Å². The summed E-state index contributed by atoms with van der Waals surface area (Å²) in [5.41, 5.74) is 0. The Morgan fingerprint density at radius 1 is 0.824 bits per heavy atom. The van der Waals surface area contributed by atoms with Crippen molar-refractivity contribution in [2.45, 2.75) is 50.6 Å². The van der Waals surface area contributed by atoms with E-state index in [9.17, 15) is 22.0 Å². The van der Waals surface area contributed by atoms with Crippen molar-refractivity contribution in [3.8, 4) is 0 Å². The van der Waals surface area contributed by atoms with Crippen LogP contribution >= 0.6 is 11.8 Å². The fraction of sp³-hybridized carbons (Fsp3) is 0.909. The first kappa shape index (κ1) is 17.0. The van der Waals surface area contributed by atoms with Crippen molar-refractivity contribution in [2.75, 3.05) is 11.5 Å². The van der Waals surface area contributed by atoms with Gasteiger partial charge >= 0.3 is 12.1 Å². The van der Waals surface area contributed by atoms with Gasteiger partial charge in [0.25, 0.3) is 0 Å². The Hall–Kier alpha value is -0.0000000000000000555. The quantitative estimate of drug-likeness (QED) is 0.418. The molecular weight excluding hydrogens is 259 g/mol. The Bertz CT molecular complexity index is 191. The molecule has 0 nitrogen and oxygen atoms in total. The van der Waals surface area contributed by atoms with Crippen LogP contribution in [0.1, 0.15) is 38.5 Å². The van der Waals surface area contributed by atoms with Crippen LogP contribution in [0.3, 0.4) is 0 Å². The molecule has 0 aromatic rings. The second-order valence-electron chi connectivity index (χ2n) is 3.88. The number of hydrogen-bond donors (Lipinski definition) is 0. The van der Waals surface area contributed by atoms with E-state index in [0.717, 1.165) is 32.1 Å². The van der Waals surface area contributed by atoms with Crippen LogP contribution in [0, 0.1) is 6.92 Å². The third kappa shape index (κ3) is 7.84. The molecule has 0 aliphatic heterocycles. The molecule has 0 atom stereocenters. The number of unbranched alkanes of at least 4 members (excludes halogenated alkanes) is 5. The Kier molecular flexibility index (Phi) is 8.16. The maximum absolute atomic E-state index is 12.5. The van der Waals surface area contributed by atoms with Gasteiger partial charge in [-0.1, -0.05) is 39.0 Å². The van der Waals surface area contributed by atoms with E-state index >= 15 is 0 Å². The summed E-state index contributed by atoms with van der Waals surface area (Å²) in [7, 11) is 0. The number of alkyl halides is 5. The molecule has 0 N–H and O–H groups in total. The summed E-state index contributed by atoms with van der Waals surface area (Å²) in [6, 6.07) is 0. The van der Waals surface area contributed by atoms with Gasteiger partial charge in [0.2, 0.25) is 0 Å². The summed E-state index contributed by atoms with van der Waals surface area (Å²) >= 11 is 0.669. The van der Waals surface area contributed by atoms with Gasteiger partial charge in [-0.25, -0.2) is 0 Å². The standard InChI is InChI=1S/C11H18F5S/c1-2-3-4-5-6-7-8-17-9-10(12,13)11(14,15)16/h1-9H2. The van der Waals surface area contributed by atoms with Crippen molar-refractivity contribution < 1.29 is 22.0 Å². The van der Waals surface area contributed by atoms with Crippen LogP contribution in [-0.2, 0) is 0 Å². The predicted molar refractivity (Wildman–Crippen MR) is 61.4 cm³/mol. The average Bonchev–Trinajstić information content (AvgIpc) is 2.20. The Balaban J connectivity index is 3.46. The Morgan fingerprint density at radius 2 is 1.35 bits per heavy atom. The van der Waals surface area contributed by atoms with E-state index in [4.69, 9.17) is 0 Å². The third-order valence-corrected chi connectivity index (χ3v) is 3.38. The highest BCUT2D eigenvalue weighted by Gasteiger charge is 2.56. The van der Waals surface area contributed by atoms with Crippen LogP contribution in [0.5, 0.6) is 0 Å². The third-order valence-electron chi connectivity index (χ3n) is 2.24. The first-order valence-corrected chi connectivity index (χ1v) is 6.78. The van der Waals surface area contributed by atoms with Gasteiger partial charge in [0.1, 0.15) is 0 Å². The summed E-state index contributed by atoms with van der Waals surface area (Å²) in [4.78, 5) is 0. The van der Waals surface area contributed by atoms with Gasteiger partial charge in [0, 0.05) is 0 Å². The van der Waals surface area contributed by atoms with Crippen LogP contribution in [0.2, 0.25) is 0 Å². The first-order chi connectivity index (χ1) is 7.81. The molecule has 0 aromatic carbocycles. The molecule has 1 radical (unpaired) electrons. The molecule has 0 amide bonds. The summed E-state index contributed by atoms with van der Waals surface area (Å²) < 4.78 is 60.2. The van der Waals surface area contributed by atoms with E-state index in [1.807, 2.05) is 0 Å². The van der Waals surface area contributed by atoms with Crippen LogP contribution in [-0.4, -0.2) is 23.6 Å². The van der Waals surface area contributed by atoms with E-state index in [0.29, 0.717) is 23.9 Å².